The third kappa shape index (κ3) is 2.86. The molecule has 2 heterocycles. The van der Waals surface area contributed by atoms with Crippen LogP contribution < -0.4 is 5.32 Å². The number of hydrogen-bond donors (Lipinski definition) is 2. The Kier molecular flexibility index (Phi) is 3.63. The zero-order chi connectivity index (χ0) is 13.2. The van der Waals surface area contributed by atoms with Crippen molar-refractivity contribution in [1.82, 2.24) is 10.3 Å². The van der Waals surface area contributed by atoms with Gasteiger partial charge in [0.15, 0.2) is 0 Å². The van der Waals surface area contributed by atoms with Crippen molar-refractivity contribution in [2.75, 3.05) is 6.54 Å². The number of nitrogens with one attached hydrogen (secondary N) is 1. The third-order valence-electron chi connectivity index (χ3n) is 3.27. The first-order valence-corrected chi connectivity index (χ1v) is 7.99. The molecule has 0 aliphatic heterocycles. The Morgan fingerprint density at radius 3 is 3.00 bits per heavy atom. The molecule has 1 aliphatic rings. The van der Waals surface area contributed by atoms with Crippen molar-refractivity contribution in [1.29, 1.82) is 0 Å². The molecule has 4 nitrogen and oxygen atoms in total. The molecule has 0 spiro atoms. The van der Waals surface area contributed by atoms with Crippen LogP contribution in [0, 0.1) is 5.92 Å². The molecule has 6 heteroatoms. The number of thiazole rings is 1. The van der Waals surface area contributed by atoms with Crippen LogP contribution in [0.25, 0.3) is 10.6 Å². The standard InChI is InChI=1S/C13H14N2O2S2/c16-10-3-8(4-10)5-14-12(17)11-7-19-13(15-11)9-1-2-18-6-9/h1-2,6-8,10,16H,3-5H2,(H,14,17). The van der Waals surface area contributed by atoms with Gasteiger partial charge >= 0.3 is 0 Å². The first kappa shape index (κ1) is 12.8. The second-order valence-electron chi connectivity index (χ2n) is 4.75. The van der Waals surface area contributed by atoms with Crippen molar-refractivity contribution < 1.29 is 9.90 Å². The van der Waals surface area contributed by atoms with Crippen LogP contribution in [0.5, 0.6) is 0 Å². The second kappa shape index (κ2) is 5.40. The Morgan fingerprint density at radius 1 is 1.47 bits per heavy atom. The van der Waals surface area contributed by atoms with Gasteiger partial charge in [-0.1, -0.05) is 0 Å². The zero-order valence-electron chi connectivity index (χ0n) is 10.2. The smallest absolute Gasteiger partial charge is 0.270 e. The molecule has 100 valence electrons. The summed E-state index contributed by atoms with van der Waals surface area (Å²) in [5.41, 5.74) is 1.54. The van der Waals surface area contributed by atoms with Crippen LogP contribution in [0.3, 0.4) is 0 Å². The molecule has 1 aliphatic carbocycles. The van der Waals surface area contributed by atoms with E-state index in [-0.39, 0.29) is 12.0 Å². The maximum atomic E-state index is 11.9. The summed E-state index contributed by atoms with van der Waals surface area (Å²) in [6, 6.07) is 2.00. The Hall–Kier alpha value is -1.24. The monoisotopic (exact) mass is 294 g/mol. The highest BCUT2D eigenvalue weighted by Gasteiger charge is 2.27. The fraction of sp³-hybridized carbons (Fsp3) is 0.385. The summed E-state index contributed by atoms with van der Waals surface area (Å²) in [6.45, 7) is 0.626. The highest BCUT2D eigenvalue weighted by molar-refractivity contribution is 7.14. The lowest BCUT2D eigenvalue weighted by molar-refractivity contribution is 0.0420. The van der Waals surface area contributed by atoms with Gasteiger partial charge in [0.2, 0.25) is 0 Å². The summed E-state index contributed by atoms with van der Waals surface area (Å²) in [4.78, 5) is 16.3. The molecule has 0 aromatic carbocycles. The van der Waals surface area contributed by atoms with Crippen LogP contribution >= 0.6 is 22.7 Å². The van der Waals surface area contributed by atoms with Gasteiger partial charge in [-0.2, -0.15) is 11.3 Å². The number of aliphatic hydroxyl groups excluding tert-OH is 1. The van der Waals surface area contributed by atoms with Crippen LogP contribution in [0.15, 0.2) is 22.2 Å². The number of amides is 1. The molecule has 0 saturated heterocycles. The van der Waals surface area contributed by atoms with E-state index in [4.69, 9.17) is 0 Å². The Bertz CT molecular complexity index is 559. The molecule has 0 bridgehead atoms. The summed E-state index contributed by atoms with van der Waals surface area (Å²) in [5.74, 6) is 0.285. The van der Waals surface area contributed by atoms with Crippen LogP contribution in [0.1, 0.15) is 23.3 Å². The van der Waals surface area contributed by atoms with Gasteiger partial charge in [0.25, 0.3) is 5.91 Å². The highest BCUT2D eigenvalue weighted by Crippen LogP contribution is 2.27. The largest absolute Gasteiger partial charge is 0.393 e. The molecule has 19 heavy (non-hydrogen) atoms. The summed E-state index contributed by atoms with van der Waals surface area (Å²) in [6.07, 6.45) is 1.40. The van der Waals surface area contributed by atoms with Crippen molar-refractivity contribution in [2.24, 2.45) is 5.92 Å². The number of nitrogens with zero attached hydrogens (tertiary/aromatic N) is 1. The number of aliphatic hydroxyl groups is 1. The lowest BCUT2D eigenvalue weighted by atomic mass is 9.82. The van der Waals surface area contributed by atoms with E-state index in [9.17, 15) is 9.90 Å². The maximum absolute atomic E-state index is 11.9. The maximum Gasteiger partial charge on any atom is 0.270 e. The van der Waals surface area contributed by atoms with E-state index in [2.05, 4.69) is 10.3 Å². The topological polar surface area (TPSA) is 62.2 Å². The number of carbonyl (C=O) groups excluding carboxylic acids is 1. The van der Waals surface area contributed by atoms with Gasteiger partial charge in [-0.25, -0.2) is 4.98 Å². The number of rotatable bonds is 4. The van der Waals surface area contributed by atoms with Gasteiger partial charge in [0.05, 0.1) is 6.10 Å². The first-order chi connectivity index (χ1) is 9.22. The average Bonchev–Trinajstić information content (AvgIpc) is 3.01. The molecule has 1 amide bonds. The number of hydrogen-bond acceptors (Lipinski definition) is 5. The Morgan fingerprint density at radius 2 is 2.32 bits per heavy atom. The third-order valence-corrected chi connectivity index (χ3v) is 4.84. The molecular formula is C13H14N2O2S2. The van der Waals surface area contributed by atoms with Gasteiger partial charge in [0, 0.05) is 22.9 Å². The molecule has 0 radical (unpaired) electrons. The molecule has 0 atom stereocenters. The van der Waals surface area contributed by atoms with Gasteiger partial charge < -0.3 is 10.4 Å². The number of thiophene rings is 1. The van der Waals surface area contributed by atoms with Gasteiger partial charge in [-0.05, 0) is 30.2 Å². The minimum absolute atomic E-state index is 0.126. The molecule has 0 unspecified atom stereocenters. The molecule has 1 saturated carbocycles. The van der Waals surface area contributed by atoms with Crippen molar-refractivity contribution in [3.63, 3.8) is 0 Å². The van der Waals surface area contributed by atoms with Crippen LogP contribution in [-0.2, 0) is 0 Å². The molecule has 1 fully saturated rings. The molecule has 3 rings (SSSR count). The van der Waals surface area contributed by atoms with Crippen molar-refractivity contribution in [3.05, 3.63) is 27.9 Å². The summed E-state index contributed by atoms with van der Waals surface area (Å²) < 4.78 is 0. The van der Waals surface area contributed by atoms with Crippen molar-refractivity contribution in [3.8, 4) is 10.6 Å². The van der Waals surface area contributed by atoms with Gasteiger partial charge in [0.1, 0.15) is 10.7 Å². The van der Waals surface area contributed by atoms with E-state index < -0.39 is 0 Å². The first-order valence-electron chi connectivity index (χ1n) is 6.16. The van der Waals surface area contributed by atoms with E-state index >= 15 is 0 Å². The van der Waals surface area contributed by atoms with E-state index in [0.29, 0.717) is 18.2 Å². The van der Waals surface area contributed by atoms with E-state index in [1.165, 1.54) is 11.3 Å². The fourth-order valence-corrected chi connectivity index (χ4v) is 3.60. The fourth-order valence-electron chi connectivity index (χ4n) is 2.09. The summed E-state index contributed by atoms with van der Waals surface area (Å²) in [5, 5.41) is 18.8. The van der Waals surface area contributed by atoms with E-state index in [1.807, 2.05) is 16.8 Å². The lowest BCUT2D eigenvalue weighted by Crippen LogP contribution is -2.38. The minimum Gasteiger partial charge on any atom is -0.393 e. The Balaban J connectivity index is 1.58. The van der Waals surface area contributed by atoms with Gasteiger partial charge in [-0.15, -0.1) is 11.3 Å². The number of aromatic nitrogens is 1. The van der Waals surface area contributed by atoms with Crippen LogP contribution in [0.4, 0.5) is 0 Å². The molecule has 2 N–H and O–H groups in total. The SMILES string of the molecule is O=C(NCC1CC(O)C1)c1csc(-c2ccsc2)n1. The average molecular weight is 294 g/mol. The predicted molar refractivity (Wildman–Crippen MR) is 76.5 cm³/mol. The normalized spacial score (nSPS) is 21.9. The Labute approximate surface area is 119 Å². The van der Waals surface area contributed by atoms with Crippen LogP contribution in [0.2, 0.25) is 0 Å². The lowest BCUT2D eigenvalue weighted by Gasteiger charge is -2.31. The summed E-state index contributed by atoms with van der Waals surface area (Å²) in [7, 11) is 0. The van der Waals surface area contributed by atoms with Crippen molar-refractivity contribution >= 4 is 28.6 Å². The second-order valence-corrected chi connectivity index (χ2v) is 6.39. The summed E-state index contributed by atoms with van der Waals surface area (Å²) >= 11 is 3.10. The number of carbonyl (C=O) groups is 1. The molecule has 2 aromatic heterocycles. The predicted octanol–water partition coefficient (Wildman–Crippen LogP) is 2.37. The molecule has 2 aromatic rings. The van der Waals surface area contributed by atoms with Crippen molar-refractivity contribution in [2.45, 2.75) is 18.9 Å². The quantitative estimate of drug-likeness (QED) is 0.910. The highest BCUT2D eigenvalue weighted by atomic mass is 32.1. The molecular weight excluding hydrogens is 280 g/mol. The van der Waals surface area contributed by atoms with Gasteiger partial charge in [-0.3, -0.25) is 4.79 Å². The van der Waals surface area contributed by atoms with Crippen LogP contribution in [-0.4, -0.2) is 28.6 Å². The van der Waals surface area contributed by atoms with E-state index in [0.717, 1.165) is 23.4 Å². The van der Waals surface area contributed by atoms with E-state index in [1.54, 1.807) is 16.7 Å². The zero-order valence-corrected chi connectivity index (χ0v) is 11.8. The minimum atomic E-state index is -0.175.